The standard InChI is InChI=1S/C35H44N6O5S/c42-30-14-13-26(32-31(30)40-35(45)47-32)15-20-36-18-7-2-8-19-37-33(43)38-21-24-41-22-16-27(17-23-41)46-34(44)39-29-12-6-5-11-28(29)25-9-3-1-4-10-25/h1,3-6,9-14,27,36,42H,2,7-8,15-24H2,(H,39,44)(H,40,45)(H2,37,38,43). The maximum absolute atomic E-state index is 12.7. The van der Waals surface area contributed by atoms with Crippen molar-refractivity contribution in [3.8, 4) is 16.9 Å². The maximum atomic E-state index is 12.7. The summed E-state index contributed by atoms with van der Waals surface area (Å²) in [7, 11) is 0. The number of carbonyl (C=O) groups is 2. The van der Waals surface area contributed by atoms with Crippen molar-refractivity contribution in [2.75, 3.05) is 51.1 Å². The van der Waals surface area contributed by atoms with E-state index in [1.807, 2.05) is 60.7 Å². The van der Waals surface area contributed by atoms with Gasteiger partial charge in [0.25, 0.3) is 0 Å². The van der Waals surface area contributed by atoms with Gasteiger partial charge in [-0.1, -0.05) is 72.4 Å². The summed E-state index contributed by atoms with van der Waals surface area (Å²) < 4.78 is 6.55. The summed E-state index contributed by atoms with van der Waals surface area (Å²) >= 11 is 1.13. The molecule has 1 aliphatic rings. The molecule has 1 saturated heterocycles. The van der Waals surface area contributed by atoms with Crippen molar-refractivity contribution in [3.63, 3.8) is 0 Å². The fourth-order valence-corrected chi connectivity index (χ4v) is 6.66. The molecule has 0 spiro atoms. The fraction of sp³-hybridized carbons (Fsp3) is 0.400. The molecule has 1 aliphatic heterocycles. The summed E-state index contributed by atoms with van der Waals surface area (Å²) in [4.78, 5) is 41.3. The van der Waals surface area contributed by atoms with E-state index in [0.717, 1.165) is 110 Å². The van der Waals surface area contributed by atoms with Crippen molar-refractivity contribution in [2.24, 2.45) is 0 Å². The highest BCUT2D eigenvalue weighted by Gasteiger charge is 2.22. The summed E-state index contributed by atoms with van der Waals surface area (Å²) in [6.07, 6.45) is 4.64. The first-order chi connectivity index (χ1) is 23.0. The van der Waals surface area contributed by atoms with E-state index in [-0.39, 0.29) is 22.8 Å². The van der Waals surface area contributed by atoms with Crippen LogP contribution in [0, 0.1) is 0 Å². The normalized spacial score (nSPS) is 13.8. The van der Waals surface area contributed by atoms with E-state index in [2.05, 4.69) is 31.2 Å². The molecule has 0 unspecified atom stereocenters. The zero-order chi connectivity index (χ0) is 32.8. The molecule has 0 radical (unpaired) electrons. The molecule has 12 heteroatoms. The van der Waals surface area contributed by atoms with Gasteiger partial charge in [0.1, 0.15) is 17.4 Å². The number of anilines is 1. The molecule has 4 aromatic rings. The molecule has 6 N–H and O–H groups in total. The number of carbonyl (C=O) groups excluding carboxylic acids is 2. The first kappa shape index (κ1) is 34.0. The highest BCUT2D eigenvalue weighted by atomic mass is 32.1. The van der Waals surface area contributed by atoms with E-state index in [9.17, 15) is 19.5 Å². The number of H-pyrrole nitrogens is 1. The lowest BCUT2D eigenvalue weighted by Crippen LogP contribution is -2.44. The van der Waals surface area contributed by atoms with Crippen LogP contribution in [0.3, 0.4) is 0 Å². The van der Waals surface area contributed by atoms with Gasteiger partial charge in [0.2, 0.25) is 0 Å². The Kier molecular flexibility index (Phi) is 12.6. The number of phenolic OH excluding ortho intramolecular Hbond substituents is 1. The molecular formula is C35H44N6O5S. The van der Waals surface area contributed by atoms with E-state index < -0.39 is 6.09 Å². The number of rotatable bonds is 15. The minimum absolute atomic E-state index is 0.102. The van der Waals surface area contributed by atoms with Crippen LogP contribution in [0.5, 0.6) is 5.75 Å². The van der Waals surface area contributed by atoms with E-state index in [1.165, 1.54) is 0 Å². The minimum Gasteiger partial charge on any atom is -0.506 e. The zero-order valence-corrected chi connectivity index (χ0v) is 27.4. The molecule has 0 bridgehead atoms. The molecule has 250 valence electrons. The van der Waals surface area contributed by atoms with Crippen molar-refractivity contribution in [3.05, 3.63) is 82.0 Å². The SMILES string of the molecule is O=C(NCCCCCNCCc1ccc(O)c2[nH]c(=O)sc12)NCCN1CCC(OC(=O)Nc2ccccc2-c2ccccc2)CC1. The fourth-order valence-electron chi connectivity index (χ4n) is 5.76. The molecule has 11 nitrogen and oxygen atoms in total. The third-order valence-electron chi connectivity index (χ3n) is 8.30. The number of aromatic hydroxyl groups is 1. The second-order valence-electron chi connectivity index (χ2n) is 11.7. The number of thiazole rings is 1. The summed E-state index contributed by atoms with van der Waals surface area (Å²) in [6, 6.07) is 21.0. The summed E-state index contributed by atoms with van der Waals surface area (Å²) in [6.45, 7) is 5.23. The summed E-state index contributed by atoms with van der Waals surface area (Å²) in [5.74, 6) is 0.102. The lowest BCUT2D eigenvalue weighted by Gasteiger charge is -2.31. The molecule has 47 heavy (non-hydrogen) atoms. The van der Waals surface area contributed by atoms with Crippen LogP contribution in [0.2, 0.25) is 0 Å². The number of para-hydroxylation sites is 1. The van der Waals surface area contributed by atoms with Gasteiger partial charge in [-0.25, -0.2) is 9.59 Å². The molecule has 1 aromatic heterocycles. The Hall–Kier alpha value is -4.39. The van der Waals surface area contributed by atoms with Gasteiger partial charge in [0.15, 0.2) is 0 Å². The van der Waals surface area contributed by atoms with Gasteiger partial charge >= 0.3 is 17.0 Å². The Morgan fingerprint density at radius 3 is 2.47 bits per heavy atom. The van der Waals surface area contributed by atoms with Crippen LogP contribution in [-0.2, 0) is 11.2 Å². The molecular weight excluding hydrogens is 616 g/mol. The third-order valence-corrected chi connectivity index (χ3v) is 9.25. The van der Waals surface area contributed by atoms with Gasteiger partial charge in [-0.3, -0.25) is 10.1 Å². The molecule has 5 rings (SSSR count). The van der Waals surface area contributed by atoms with Gasteiger partial charge in [0.05, 0.1) is 10.4 Å². The lowest BCUT2D eigenvalue weighted by atomic mass is 10.0. The number of ether oxygens (including phenoxy) is 1. The predicted molar refractivity (Wildman–Crippen MR) is 187 cm³/mol. The molecule has 1 fully saturated rings. The number of aromatic nitrogens is 1. The van der Waals surface area contributed by atoms with E-state index >= 15 is 0 Å². The first-order valence-corrected chi connectivity index (χ1v) is 17.2. The van der Waals surface area contributed by atoms with Gasteiger partial charge in [-0.05, 0) is 68.5 Å². The topological polar surface area (TPSA) is 148 Å². The number of piperidine rings is 1. The Labute approximate surface area is 278 Å². The number of likely N-dealkylation sites (tertiary alicyclic amines) is 1. The van der Waals surface area contributed by atoms with Crippen molar-refractivity contribution in [1.29, 1.82) is 0 Å². The van der Waals surface area contributed by atoms with Gasteiger partial charge < -0.3 is 35.7 Å². The van der Waals surface area contributed by atoms with Crippen molar-refractivity contribution in [2.45, 2.75) is 44.6 Å². The zero-order valence-electron chi connectivity index (χ0n) is 26.6. The number of hydrogen-bond acceptors (Lipinski definition) is 8. The van der Waals surface area contributed by atoms with Crippen LogP contribution < -0.4 is 26.1 Å². The first-order valence-electron chi connectivity index (χ1n) is 16.4. The minimum atomic E-state index is -0.438. The number of phenols is 1. The number of amides is 3. The average molecular weight is 661 g/mol. The van der Waals surface area contributed by atoms with Crippen LogP contribution in [0.15, 0.2) is 71.5 Å². The quantitative estimate of drug-likeness (QED) is 0.0952. The summed E-state index contributed by atoms with van der Waals surface area (Å²) in [5.41, 5.74) is 4.27. The van der Waals surface area contributed by atoms with E-state index in [4.69, 9.17) is 4.74 Å². The van der Waals surface area contributed by atoms with Crippen molar-refractivity contribution in [1.82, 2.24) is 25.8 Å². The highest BCUT2D eigenvalue weighted by molar-refractivity contribution is 7.16. The number of benzene rings is 3. The molecule has 0 atom stereocenters. The Bertz CT molecular complexity index is 1650. The number of nitrogens with zero attached hydrogens (tertiary/aromatic N) is 1. The Morgan fingerprint density at radius 2 is 1.64 bits per heavy atom. The smallest absolute Gasteiger partial charge is 0.411 e. The van der Waals surface area contributed by atoms with Crippen molar-refractivity contribution >= 4 is 39.4 Å². The lowest BCUT2D eigenvalue weighted by molar-refractivity contribution is 0.0594. The Morgan fingerprint density at radius 1 is 0.894 bits per heavy atom. The predicted octanol–water partition coefficient (Wildman–Crippen LogP) is 5.28. The molecule has 2 heterocycles. The number of nitrogens with one attached hydrogen (secondary N) is 5. The monoisotopic (exact) mass is 660 g/mol. The van der Waals surface area contributed by atoms with Crippen LogP contribution in [0.1, 0.15) is 37.7 Å². The van der Waals surface area contributed by atoms with Crippen LogP contribution in [-0.4, -0.2) is 79.0 Å². The third kappa shape index (κ3) is 10.3. The van der Waals surface area contributed by atoms with Gasteiger partial charge in [0, 0.05) is 38.3 Å². The van der Waals surface area contributed by atoms with E-state index in [0.29, 0.717) is 18.6 Å². The number of aromatic amines is 1. The van der Waals surface area contributed by atoms with Crippen LogP contribution in [0.25, 0.3) is 21.3 Å². The van der Waals surface area contributed by atoms with Crippen molar-refractivity contribution < 1.29 is 19.4 Å². The van der Waals surface area contributed by atoms with Crippen LogP contribution >= 0.6 is 11.3 Å². The second kappa shape index (κ2) is 17.5. The van der Waals surface area contributed by atoms with Crippen LogP contribution in [0.4, 0.5) is 15.3 Å². The Balaban J connectivity index is 0.867. The second-order valence-corrected chi connectivity index (χ2v) is 12.7. The largest absolute Gasteiger partial charge is 0.506 e. The number of urea groups is 1. The van der Waals surface area contributed by atoms with Gasteiger partial charge in [-0.2, -0.15) is 0 Å². The van der Waals surface area contributed by atoms with Gasteiger partial charge in [-0.15, -0.1) is 0 Å². The molecule has 3 amide bonds. The number of unbranched alkanes of at least 4 members (excludes halogenated alkanes) is 2. The average Bonchev–Trinajstić information content (AvgIpc) is 3.49. The molecule has 3 aromatic carbocycles. The number of hydrogen-bond donors (Lipinski definition) is 6. The number of fused-ring (bicyclic) bond motifs is 1. The molecule has 0 aliphatic carbocycles. The molecule has 0 saturated carbocycles. The maximum Gasteiger partial charge on any atom is 0.411 e. The highest BCUT2D eigenvalue weighted by Crippen LogP contribution is 2.29. The summed E-state index contributed by atoms with van der Waals surface area (Å²) in [5, 5.41) is 22.1. The van der Waals surface area contributed by atoms with E-state index in [1.54, 1.807) is 6.07 Å².